The van der Waals surface area contributed by atoms with Crippen LogP contribution in [-0.2, 0) is 10.0 Å². The van der Waals surface area contributed by atoms with Gasteiger partial charge in [0.05, 0.1) is 5.75 Å². The number of rotatable bonds is 8. The van der Waals surface area contributed by atoms with E-state index >= 15 is 0 Å². The standard InChI is InChI=1S/C12H25NO2S2/c1-2-3-4-5-6-7-12-17(14,15)13-8-10-16-11-9-13/h2-12H2,1H3. The highest BCUT2D eigenvalue weighted by molar-refractivity contribution is 7.99. The number of sulfonamides is 1. The first-order valence-corrected chi connectivity index (χ1v) is 9.49. The maximum atomic E-state index is 12.0. The minimum Gasteiger partial charge on any atom is -0.212 e. The van der Waals surface area contributed by atoms with Crippen LogP contribution < -0.4 is 0 Å². The Labute approximate surface area is 110 Å². The van der Waals surface area contributed by atoms with E-state index < -0.39 is 10.0 Å². The molecule has 102 valence electrons. The van der Waals surface area contributed by atoms with E-state index in [9.17, 15) is 8.42 Å². The topological polar surface area (TPSA) is 37.4 Å². The molecule has 0 amide bonds. The van der Waals surface area contributed by atoms with Crippen LogP contribution in [0.3, 0.4) is 0 Å². The average molecular weight is 279 g/mol. The van der Waals surface area contributed by atoms with Crippen molar-refractivity contribution in [1.29, 1.82) is 0 Å². The Hall–Kier alpha value is 0.260. The molecule has 0 N–H and O–H groups in total. The Balaban J connectivity index is 2.15. The van der Waals surface area contributed by atoms with E-state index in [0.717, 1.165) is 24.3 Å². The van der Waals surface area contributed by atoms with E-state index in [4.69, 9.17) is 0 Å². The second-order valence-corrected chi connectivity index (χ2v) is 7.91. The summed E-state index contributed by atoms with van der Waals surface area (Å²) in [6.45, 7) is 3.62. The van der Waals surface area contributed by atoms with Crippen molar-refractivity contribution in [1.82, 2.24) is 4.31 Å². The summed E-state index contributed by atoms with van der Waals surface area (Å²) in [5.41, 5.74) is 0. The molecule has 1 aliphatic heterocycles. The van der Waals surface area contributed by atoms with Gasteiger partial charge < -0.3 is 0 Å². The largest absolute Gasteiger partial charge is 0.214 e. The highest BCUT2D eigenvalue weighted by atomic mass is 32.2. The third-order valence-electron chi connectivity index (χ3n) is 3.12. The lowest BCUT2D eigenvalue weighted by molar-refractivity contribution is 0.441. The molecule has 0 aromatic heterocycles. The van der Waals surface area contributed by atoms with Crippen LogP contribution >= 0.6 is 11.8 Å². The minimum absolute atomic E-state index is 0.351. The monoisotopic (exact) mass is 279 g/mol. The molecule has 0 aromatic rings. The molecule has 3 nitrogen and oxygen atoms in total. The molecule has 1 rings (SSSR count). The maximum absolute atomic E-state index is 12.0. The van der Waals surface area contributed by atoms with Crippen molar-refractivity contribution < 1.29 is 8.42 Å². The summed E-state index contributed by atoms with van der Waals surface area (Å²) >= 11 is 1.85. The number of hydrogen-bond acceptors (Lipinski definition) is 3. The van der Waals surface area contributed by atoms with Crippen molar-refractivity contribution in [3.63, 3.8) is 0 Å². The molecule has 1 saturated heterocycles. The van der Waals surface area contributed by atoms with E-state index in [1.165, 1.54) is 25.7 Å². The smallest absolute Gasteiger partial charge is 0.212 e. The first kappa shape index (κ1) is 15.3. The molecule has 0 spiro atoms. The Morgan fingerprint density at radius 3 is 2.24 bits per heavy atom. The zero-order valence-electron chi connectivity index (χ0n) is 10.9. The molecule has 1 heterocycles. The first-order valence-electron chi connectivity index (χ1n) is 6.72. The molecule has 0 unspecified atom stereocenters. The Morgan fingerprint density at radius 1 is 1.00 bits per heavy atom. The predicted molar refractivity (Wildman–Crippen MR) is 76.1 cm³/mol. The average Bonchev–Trinajstić information content (AvgIpc) is 2.35. The summed E-state index contributed by atoms with van der Waals surface area (Å²) in [5, 5.41) is 0. The molecule has 0 saturated carbocycles. The van der Waals surface area contributed by atoms with Gasteiger partial charge in [-0.2, -0.15) is 11.8 Å². The Kier molecular flexibility index (Phi) is 7.55. The van der Waals surface area contributed by atoms with Crippen molar-refractivity contribution >= 4 is 21.8 Å². The van der Waals surface area contributed by atoms with Gasteiger partial charge in [0.2, 0.25) is 10.0 Å². The van der Waals surface area contributed by atoms with Crippen molar-refractivity contribution in [3.8, 4) is 0 Å². The molecule has 0 aliphatic carbocycles. The second kappa shape index (κ2) is 8.38. The SMILES string of the molecule is CCCCCCCCS(=O)(=O)N1CCSCC1. The van der Waals surface area contributed by atoms with E-state index in [1.807, 2.05) is 11.8 Å². The fourth-order valence-corrected chi connectivity index (χ4v) is 4.72. The van der Waals surface area contributed by atoms with Gasteiger partial charge in [0.1, 0.15) is 0 Å². The van der Waals surface area contributed by atoms with E-state index in [-0.39, 0.29) is 0 Å². The van der Waals surface area contributed by atoms with Crippen LogP contribution in [-0.4, -0.2) is 43.1 Å². The molecular weight excluding hydrogens is 254 g/mol. The third-order valence-corrected chi connectivity index (χ3v) is 6.02. The van der Waals surface area contributed by atoms with Crippen LogP contribution in [0.5, 0.6) is 0 Å². The second-order valence-electron chi connectivity index (χ2n) is 4.60. The van der Waals surface area contributed by atoms with E-state index in [1.54, 1.807) is 4.31 Å². The quantitative estimate of drug-likeness (QED) is 0.641. The highest BCUT2D eigenvalue weighted by Gasteiger charge is 2.23. The summed E-state index contributed by atoms with van der Waals surface area (Å²) in [6.07, 6.45) is 6.83. The lowest BCUT2D eigenvalue weighted by atomic mass is 10.1. The number of thioether (sulfide) groups is 1. The normalized spacial score (nSPS) is 18.4. The molecule has 1 fully saturated rings. The van der Waals surface area contributed by atoms with Crippen LogP contribution in [0.1, 0.15) is 45.4 Å². The number of hydrogen-bond donors (Lipinski definition) is 0. The molecule has 0 bridgehead atoms. The van der Waals surface area contributed by atoms with Crippen molar-refractivity contribution in [3.05, 3.63) is 0 Å². The Morgan fingerprint density at radius 2 is 1.59 bits per heavy atom. The summed E-state index contributed by atoms with van der Waals surface area (Å²) in [4.78, 5) is 0. The van der Waals surface area contributed by atoms with Gasteiger partial charge in [0, 0.05) is 24.6 Å². The Bertz CT molecular complexity index is 285. The first-order chi connectivity index (χ1) is 8.17. The molecule has 0 aromatic carbocycles. The van der Waals surface area contributed by atoms with Gasteiger partial charge in [-0.15, -0.1) is 0 Å². The molecule has 0 radical (unpaired) electrons. The highest BCUT2D eigenvalue weighted by Crippen LogP contribution is 2.15. The zero-order valence-corrected chi connectivity index (χ0v) is 12.5. The fraction of sp³-hybridized carbons (Fsp3) is 1.00. The van der Waals surface area contributed by atoms with Crippen molar-refractivity contribution in [2.45, 2.75) is 45.4 Å². The van der Waals surface area contributed by atoms with Crippen LogP contribution in [0, 0.1) is 0 Å². The number of nitrogens with zero attached hydrogens (tertiary/aromatic N) is 1. The van der Waals surface area contributed by atoms with E-state index in [0.29, 0.717) is 18.8 Å². The predicted octanol–water partition coefficient (Wildman–Crippen LogP) is 2.73. The molecule has 1 aliphatic rings. The zero-order chi connectivity index (χ0) is 12.6. The van der Waals surface area contributed by atoms with Gasteiger partial charge in [-0.1, -0.05) is 39.0 Å². The van der Waals surface area contributed by atoms with Crippen LogP contribution in [0.25, 0.3) is 0 Å². The van der Waals surface area contributed by atoms with Crippen molar-refractivity contribution in [2.75, 3.05) is 30.3 Å². The summed E-state index contributed by atoms with van der Waals surface area (Å²) < 4.78 is 25.7. The molecule has 5 heteroatoms. The van der Waals surface area contributed by atoms with Gasteiger partial charge >= 0.3 is 0 Å². The van der Waals surface area contributed by atoms with Gasteiger partial charge in [0.25, 0.3) is 0 Å². The third kappa shape index (κ3) is 6.11. The van der Waals surface area contributed by atoms with Gasteiger partial charge in [-0.3, -0.25) is 0 Å². The van der Waals surface area contributed by atoms with Crippen molar-refractivity contribution in [2.24, 2.45) is 0 Å². The molecular formula is C12H25NO2S2. The fourth-order valence-electron chi connectivity index (χ4n) is 2.02. The van der Waals surface area contributed by atoms with Crippen LogP contribution in [0.4, 0.5) is 0 Å². The van der Waals surface area contributed by atoms with Gasteiger partial charge in [0.15, 0.2) is 0 Å². The lowest BCUT2D eigenvalue weighted by Gasteiger charge is -2.25. The summed E-state index contributed by atoms with van der Waals surface area (Å²) in [6, 6.07) is 0. The lowest BCUT2D eigenvalue weighted by Crippen LogP contribution is -2.39. The van der Waals surface area contributed by atoms with Gasteiger partial charge in [-0.05, 0) is 6.42 Å². The summed E-state index contributed by atoms with van der Waals surface area (Å²) in [7, 11) is -2.96. The summed E-state index contributed by atoms with van der Waals surface area (Å²) in [5.74, 6) is 2.26. The van der Waals surface area contributed by atoms with Crippen LogP contribution in [0.15, 0.2) is 0 Å². The molecule has 17 heavy (non-hydrogen) atoms. The van der Waals surface area contributed by atoms with Gasteiger partial charge in [-0.25, -0.2) is 12.7 Å². The molecule has 0 atom stereocenters. The number of unbranched alkanes of at least 4 members (excludes halogenated alkanes) is 5. The van der Waals surface area contributed by atoms with E-state index in [2.05, 4.69) is 6.92 Å². The maximum Gasteiger partial charge on any atom is 0.214 e. The minimum atomic E-state index is -2.96. The van der Waals surface area contributed by atoms with Crippen LogP contribution in [0.2, 0.25) is 0 Å².